The predicted molar refractivity (Wildman–Crippen MR) is 80.2 cm³/mol. The highest BCUT2D eigenvalue weighted by Crippen LogP contribution is 2.21. The molecule has 0 radical (unpaired) electrons. The van der Waals surface area contributed by atoms with Crippen molar-refractivity contribution in [1.29, 1.82) is 0 Å². The maximum Gasteiger partial charge on any atom is 0.337 e. The maximum absolute atomic E-state index is 11.8. The van der Waals surface area contributed by atoms with Crippen LogP contribution in [0.2, 0.25) is 0 Å². The van der Waals surface area contributed by atoms with Gasteiger partial charge in [0.15, 0.2) is 0 Å². The van der Waals surface area contributed by atoms with Crippen molar-refractivity contribution in [2.75, 3.05) is 5.32 Å². The number of hydrogen-bond donors (Lipinski definition) is 3. The molecule has 3 N–H and O–H groups in total. The van der Waals surface area contributed by atoms with E-state index in [1.54, 1.807) is 30.1 Å². The number of carboxylic acid groups (broad SMARTS) is 1. The molecule has 21 heavy (non-hydrogen) atoms. The molecular weight excluding hydrogens is 340 g/mol. The van der Waals surface area contributed by atoms with Gasteiger partial charge >= 0.3 is 12.0 Å². The minimum atomic E-state index is -1.11. The summed E-state index contributed by atoms with van der Waals surface area (Å²) in [6.45, 7) is 0.293. The highest BCUT2D eigenvalue weighted by Gasteiger charge is 2.13. The summed E-state index contributed by atoms with van der Waals surface area (Å²) in [4.78, 5) is 23.0. The molecule has 2 rings (SSSR count). The van der Waals surface area contributed by atoms with Gasteiger partial charge in [0.1, 0.15) is 0 Å². The van der Waals surface area contributed by atoms with Crippen LogP contribution in [0.1, 0.15) is 16.1 Å². The Labute approximate surface area is 129 Å². The molecule has 0 bridgehead atoms. The fourth-order valence-corrected chi connectivity index (χ4v) is 2.08. The molecule has 7 nitrogen and oxygen atoms in total. The van der Waals surface area contributed by atoms with Crippen molar-refractivity contribution in [3.8, 4) is 0 Å². The lowest BCUT2D eigenvalue weighted by atomic mass is 10.2. The van der Waals surface area contributed by atoms with Crippen LogP contribution < -0.4 is 10.6 Å². The van der Waals surface area contributed by atoms with Gasteiger partial charge in [-0.25, -0.2) is 9.59 Å². The molecule has 0 aliphatic carbocycles. The highest BCUT2D eigenvalue weighted by atomic mass is 79.9. The van der Waals surface area contributed by atoms with E-state index in [2.05, 4.69) is 31.7 Å². The minimum absolute atomic E-state index is 0.0139. The van der Waals surface area contributed by atoms with Crippen molar-refractivity contribution in [1.82, 2.24) is 15.1 Å². The van der Waals surface area contributed by atoms with Gasteiger partial charge in [0.05, 0.1) is 23.5 Å². The Balaban J connectivity index is 2.03. The number of carboxylic acids is 1. The van der Waals surface area contributed by atoms with Crippen LogP contribution in [-0.4, -0.2) is 26.9 Å². The summed E-state index contributed by atoms with van der Waals surface area (Å²) in [6.07, 6.45) is 1.63. The molecule has 0 saturated heterocycles. The SMILES string of the molecule is Cn1nccc1CNC(=O)Nc1ccc(Br)cc1C(=O)O. The molecule has 8 heteroatoms. The first-order valence-corrected chi connectivity index (χ1v) is 6.81. The number of aromatic nitrogens is 2. The van der Waals surface area contributed by atoms with Gasteiger partial charge in [-0.05, 0) is 24.3 Å². The zero-order valence-electron chi connectivity index (χ0n) is 11.1. The Morgan fingerprint density at radius 2 is 2.14 bits per heavy atom. The molecule has 1 aromatic carbocycles. The van der Waals surface area contributed by atoms with E-state index in [0.29, 0.717) is 11.0 Å². The minimum Gasteiger partial charge on any atom is -0.478 e. The van der Waals surface area contributed by atoms with Gasteiger partial charge in [-0.2, -0.15) is 5.10 Å². The summed E-state index contributed by atoms with van der Waals surface area (Å²) in [5.41, 5.74) is 1.08. The summed E-state index contributed by atoms with van der Waals surface area (Å²) >= 11 is 3.19. The summed E-state index contributed by atoms with van der Waals surface area (Å²) in [5, 5.41) is 18.3. The number of carbonyl (C=O) groups is 2. The molecule has 2 amide bonds. The third-order valence-corrected chi connectivity index (χ3v) is 3.31. The van der Waals surface area contributed by atoms with Crippen LogP contribution >= 0.6 is 15.9 Å². The van der Waals surface area contributed by atoms with Gasteiger partial charge < -0.3 is 15.7 Å². The highest BCUT2D eigenvalue weighted by molar-refractivity contribution is 9.10. The molecule has 0 aliphatic rings. The standard InChI is InChI=1S/C13H13BrN4O3/c1-18-9(4-5-16-18)7-15-13(21)17-11-3-2-8(14)6-10(11)12(19)20/h2-6H,7H2,1H3,(H,19,20)(H2,15,17,21). The van der Waals surface area contributed by atoms with Crippen molar-refractivity contribution in [3.63, 3.8) is 0 Å². The zero-order valence-corrected chi connectivity index (χ0v) is 12.7. The number of carbonyl (C=O) groups excluding carboxylic acids is 1. The van der Waals surface area contributed by atoms with Crippen molar-refractivity contribution >= 4 is 33.6 Å². The van der Waals surface area contributed by atoms with Crippen molar-refractivity contribution < 1.29 is 14.7 Å². The lowest BCUT2D eigenvalue weighted by Gasteiger charge is -2.10. The van der Waals surface area contributed by atoms with E-state index in [-0.39, 0.29) is 11.3 Å². The first-order valence-electron chi connectivity index (χ1n) is 6.02. The summed E-state index contributed by atoms with van der Waals surface area (Å²) in [6, 6.07) is 5.91. The van der Waals surface area contributed by atoms with E-state index in [4.69, 9.17) is 5.11 Å². The van der Waals surface area contributed by atoms with Crippen molar-refractivity contribution in [2.24, 2.45) is 7.05 Å². The smallest absolute Gasteiger partial charge is 0.337 e. The molecule has 0 saturated carbocycles. The second-order valence-corrected chi connectivity index (χ2v) is 5.16. The number of amides is 2. The number of nitrogens with zero attached hydrogens (tertiary/aromatic N) is 2. The van der Waals surface area contributed by atoms with Crippen LogP contribution in [0, 0.1) is 0 Å². The Morgan fingerprint density at radius 3 is 2.76 bits per heavy atom. The van der Waals surface area contributed by atoms with Crippen molar-refractivity contribution in [3.05, 3.63) is 46.2 Å². The Morgan fingerprint density at radius 1 is 1.38 bits per heavy atom. The molecule has 1 heterocycles. The largest absolute Gasteiger partial charge is 0.478 e. The monoisotopic (exact) mass is 352 g/mol. The molecule has 110 valence electrons. The summed E-state index contributed by atoms with van der Waals surface area (Å²) in [7, 11) is 1.77. The fourth-order valence-electron chi connectivity index (χ4n) is 1.71. The fraction of sp³-hybridized carbons (Fsp3) is 0.154. The number of rotatable bonds is 4. The molecular formula is C13H13BrN4O3. The molecule has 1 aromatic heterocycles. The van der Waals surface area contributed by atoms with Crippen LogP contribution in [0.4, 0.5) is 10.5 Å². The third-order valence-electron chi connectivity index (χ3n) is 2.81. The first-order chi connectivity index (χ1) is 9.97. The Kier molecular flexibility index (Phi) is 4.59. The van der Waals surface area contributed by atoms with Crippen LogP contribution in [-0.2, 0) is 13.6 Å². The van der Waals surface area contributed by atoms with Gasteiger partial charge in [-0.15, -0.1) is 0 Å². The predicted octanol–water partition coefficient (Wildman–Crippen LogP) is 2.20. The Hall–Kier alpha value is -2.35. The van der Waals surface area contributed by atoms with E-state index in [1.807, 2.05) is 0 Å². The number of anilines is 1. The molecule has 2 aromatic rings. The van der Waals surface area contributed by atoms with E-state index in [1.165, 1.54) is 12.1 Å². The zero-order chi connectivity index (χ0) is 15.4. The van der Waals surface area contributed by atoms with Crippen LogP contribution in [0.15, 0.2) is 34.9 Å². The maximum atomic E-state index is 11.8. The number of halogens is 1. The average molecular weight is 353 g/mol. The van der Waals surface area contributed by atoms with E-state index < -0.39 is 12.0 Å². The molecule has 0 atom stereocenters. The number of urea groups is 1. The van der Waals surface area contributed by atoms with Crippen molar-refractivity contribution in [2.45, 2.75) is 6.54 Å². The molecule has 0 fully saturated rings. The van der Waals surface area contributed by atoms with Crippen LogP contribution in [0.5, 0.6) is 0 Å². The van der Waals surface area contributed by atoms with Gasteiger partial charge in [-0.1, -0.05) is 15.9 Å². The number of benzene rings is 1. The topological polar surface area (TPSA) is 96.3 Å². The first kappa shape index (κ1) is 15.0. The number of aromatic carboxylic acids is 1. The van der Waals surface area contributed by atoms with Gasteiger partial charge in [-0.3, -0.25) is 4.68 Å². The van der Waals surface area contributed by atoms with Crippen LogP contribution in [0.3, 0.4) is 0 Å². The lowest BCUT2D eigenvalue weighted by Crippen LogP contribution is -2.29. The normalized spacial score (nSPS) is 10.2. The third kappa shape index (κ3) is 3.82. The molecule has 0 spiro atoms. The number of hydrogen-bond acceptors (Lipinski definition) is 3. The summed E-state index contributed by atoms with van der Waals surface area (Å²) in [5.74, 6) is -1.11. The average Bonchev–Trinajstić information content (AvgIpc) is 2.84. The van der Waals surface area contributed by atoms with Gasteiger partial charge in [0, 0.05) is 17.7 Å². The van der Waals surface area contributed by atoms with Gasteiger partial charge in [0.2, 0.25) is 0 Å². The van der Waals surface area contributed by atoms with Gasteiger partial charge in [0.25, 0.3) is 0 Å². The second kappa shape index (κ2) is 6.40. The van der Waals surface area contributed by atoms with E-state index >= 15 is 0 Å². The quantitative estimate of drug-likeness (QED) is 0.785. The van der Waals surface area contributed by atoms with E-state index in [0.717, 1.165) is 5.69 Å². The van der Waals surface area contributed by atoms with Crippen LogP contribution in [0.25, 0.3) is 0 Å². The molecule has 0 unspecified atom stereocenters. The number of nitrogens with one attached hydrogen (secondary N) is 2. The molecule has 0 aliphatic heterocycles. The Bertz CT molecular complexity index is 684. The van der Waals surface area contributed by atoms with E-state index in [9.17, 15) is 9.59 Å². The summed E-state index contributed by atoms with van der Waals surface area (Å²) < 4.78 is 2.27. The second-order valence-electron chi connectivity index (χ2n) is 4.25. The lowest BCUT2D eigenvalue weighted by molar-refractivity contribution is 0.0698. The number of aryl methyl sites for hydroxylation is 1.